The van der Waals surface area contributed by atoms with E-state index in [1.54, 1.807) is 0 Å². The van der Waals surface area contributed by atoms with Crippen LogP contribution in [0.4, 0.5) is 43.9 Å². The Bertz CT molecular complexity index is 1290. The SMILES string of the molecule is Cc1nn(-c2c(F)c(F)nc(C(F)(F)F)c2F)c(O)c1C(=O)c1cc(F)c(F)c(F)c1F.[Mn]. The molecule has 0 saturated heterocycles. The van der Waals surface area contributed by atoms with Crippen molar-refractivity contribution in [3.63, 3.8) is 0 Å². The van der Waals surface area contributed by atoms with Crippen LogP contribution in [0.3, 0.4) is 0 Å². The van der Waals surface area contributed by atoms with E-state index in [0.29, 0.717) is 0 Å². The molecule has 5 nitrogen and oxygen atoms in total. The van der Waals surface area contributed by atoms with Gasteiger partial charge < -0.3 is 5.11 Å². The molecule has 0 amide bonds. The number of pyridine rings is 1. The van der Waals surface area contributed by atoms with Crippen LogP contribution in [0.1, 0.15) is 27.3 Å². The van der Waals surface area contributed by atoms with E-state index >= 15 is 0 Å². The summed E-state index contributed by atoms with van der Waals surface area (Å²) in [5.41, 5.74) is -7.88. The molecule has 0 atom stereocenters. The number of carbonyl (C=O) groups is 1. The first-order chi connectivity index (χ1) is 14.7. The third-order valence-electron chi connectivity index (χ3n) is 4.11. The van der Waals surface area contributed by atoms with Crippen molar-refractivity contribution < 1.29 is 70.9 Å². The van der Waals surface area contributed by atoms with Crippen LogP contribution in [0, 0.1) is 47.8 Å². The molecule has 3 rings (SSSR count). The van der Waals surface area contributed by atoms with Gasteiger partial charge in [0.1, 0.15) is 11.3 Å². The maximum atomic E-state index is 14.3. The maximum Gasteiger partial charge on any atom is 0.436 e. The van der Waals surface area contributed by atoms with Gasteiger partial charge in [-0.2, -0.15) is 31.7 Å². The van der Waals surface area contributed by atoms with Crippen LogP contribution in [0.2, 0.25) is 0 Å². The summed E-state index contributed by atoms with van der Waals surface area (Å²) < 4.78 is 134. The van der Waals surface area contributed by atoms with Crippen molar-refractivity contribution in [2.24, 2.45) is 0 Å². The molecule has 0 saturated carbocycles. The number of hydrogen-bond donors (Lipinski definition) is 1. The van der Waals surface area contributed by atoms with Gasteiger partial charge in [0, 0.05) is 17.1 Å². The molecule has 0 aliphatic rings. The minimum atomic E-state index is -5.61. The number of aromatic nitrogens is 3. The van der Waals surface area contributed by atoms with Gasteiger partial charge in [0.05, 0.1) is 11.3 Å². The van der Waals surface area contributed by atoms with E-state index in [2.05, 4.69) is 10.1 Å². The number of halogens is 10. The zero-order valence-electron chi connectivity index (χ0n) is 15.4. The summed E-state index contributed by atoms with van der Waals surface area (Å²) in [5.74, 6) is -19.6. The Labute approximate surface area is 186 Å². The largest absolute Gasteiger partial charge is 0.493 e. The van der Waals surface area contributed by atoms with Gasteiger partial charge in [0.2, 0.25) is 17.5 Å². The normalized spacial score (nSPS) is 11.5. The van der Waals surface area contributed by atoms with Crippen LogP contribution >= 0.6 is 0 Å². The molecule has 16 heteroatoms. The van der Waals surface area contributed by atoms with E-state index in [4.69, 9.17) is 0 Å². The van der Waals surface area contributed by atoms with E-state index in [0.717, 1.165) is 6.92 Å². The summed E-state index contributed by atoms with van der Waals surface area (Å²) in [6.45, 7) is 0.829. The number of nitrogens with zero attached hydrogens (tertiary/aromatic N) is 3. The molecule has 1 aromatic carbocycles. The van der Waals surface area contributed by atoms with Gasteiger partial charge >= 0.3 is 6.18 Å². The van der Waals surface area contributed by atoms with Gasteiger partial charge in [-0.25, -0.2) is 26.9 Å². The van der Waals surface area contributed by atoms with Crippen molar-refractivity contribution in [3.8, 4) is 11.6 Å². The summed E-state index contributed by atoms with van der Waals surface area (Å²) in [6.07, 6.45) is -5.61. The van der Waals surface area contributed by atoms with Gasteiger partial charge in [-0.1, -0.05) is 0 Å². The average molecular weight is 528 g/mol. The molecule has 33 heavy (non-hydrogen) atoms. The van der Waals surface area contributed by atoms with Gasteiger partial charge in [0.25, 0.3) is 5.95 Å². The second-order valence-electron chi connectivity index (χ2n) is 6.10. The van der Waals surface area contributed by atoms with Gasteiger partial charge in [-0.05, 0) is 13.0 Å². The molecule has 0 fully saturated rings. The number of hydrogen-bond acceptors (Lipinski definition) is 4. The van der Waals surface area contributed by atoms with E-state index in [-0.39, 0.29) is 27.8 Å². The van der Waals surface area contributed by atoms with Crippen LogP contribution in [-0.4, -0.2) is 25.7 Å². The van der Waals surface area contributed by atoms with Crippen molar-refractivity contribution in [1.82, 2.24) is 14.8 Å². The Morgan fingerprint density at radius 1 is 0.939 bits per heavy atom. The summed E-state index contributed by atoms with van der Waals surface area (Å²) in [4.78, 5) is 14.6. The summed E-state index contributed by atoms with van der Waals surface area (Å²) >= 11 is 0. The first-order valence-corrected chi connectivity index (χ1v) is 7.96. The molecule has 0 aliphatic carbocycles. The molecule has 0 spiro atoms. The van der Waals surface area contributed by atoms with Crippen LogP contribution in [-0.2, 0) is 23.2 Å². The quantitative estimate of drug-likeness (QED) is 0.136. The van der Waals surface area contributed by atoms with Crippen molar-refractivity contribution in [3.05, 3.63) is 69.4 Å². The van der Waals surface area contributed by atoms with Gasteiger partial charge in [0.15, 0.2) is 34.8 Å². The van der Waals surface area contributed by atoms with E-state index < -0.39 is 86.9 Å². The van der Waals surface area contributed by atoms with Crippen LogP contribution in [0.15, 0.2) is 6.07 Å². The number of aryl methyl sites for hydroxylation is 1. The number of aromatic hydroxyl groups is 1. The summed E-state index contributed by atoms with van der Waals surface area (Å²) in [6, 6.07) is -0.0959. The second kappa shape index (κ2) is 8.67. The molecule has 0 unspecified atom stereocenters. The van der Waals surface area contributed by atoms with Crippen molar-refractivity contribution in [1.29, 1.82) is 0 Å². The monoisotopic (exact) mass is 528 g/mol. The Morgan fingerprint density at radius 2 is 1.52 bits per heavy atom. The van der Waals surface area contributed by atoms with Crippen molar-refractivity contribution in [2.75, 3.05) is 0 Å². The molecule has 2 aromatic heterocycles. The standard InChI is InChI=1S/C17H5F10N3O2.Mn/c1-3-6(13(31)4-2-5(18)8(20)9(21)7(4)19)16(32)30(29-3)12-10(22)14(17(25,26)27)28-15(24)11(12)23;/h2,32H,1H3;. The first-order valence-electron chi connectivity index (χ1n) is 7.96. The molecule has 2 heterocycles. The molecular weight excluding hydrogens is 523 g/mol. The minimum absolute atomic E-state index is 0. The number of benzene rings is 1. The third kappa shape index (κ3) is 4.15. The van der Waals surface area contributed by atoms with Crippen LogP contribution in [0.25, 0.3) is 5.69 Å². The van der Waals surface area contributed by atoms with Gasteiger partial charge in [-0.3, -0.25) is 4.79 Å². The Kier molecular flexibility index (Phi) is 6.86. The number of alkyl halides is 3. The molecular formula is C17H5F10MnN3O2. The topological polar surface area (TPSA) is 68.0 Å². The zero-order chi connectivity index (χ0) is 24.3. The van der Waals surface area contributed by atoms with Crippen LogP contribution < -0.4 is 0 Å². The second-order valence-corrected chi connectivity index (χ2v) is 6.10. The molecule has 3 aromatic rings. The third-order valence-corrected chi connectivity index (χ3v) is 4.11. The Morgan fingerprint density at radius 3 is 2.06 bits per heavy atom. The van der Waals surface area contributed by atoms with E-state index in [9.17, 15) is 53.8 Å². The van der Waals surface area contributed by atoms with Crippen LogP contribution in [0.5, 0.6) is 5.88 Å². The smallest absolute Gasteiger partial charge is 0.436 e. The fourth-order valence-corrected chi connectivity index (χ4v) is 2.69. The Balaban J connectivity index is 0.00000385. The number of ketones is 1. The molecule has 177 valence electrons. The maximum absolute atomic E-state index is 14.3. The predicted molar refractivity (Wildman–Crippen MR) is 82.3 cm³/mol. The molecule has 1 radical (unpaired) electrons. The first kappa shape index (κ1) is 26.1. The molecule has 0 bridgehead atoms. The predicted octanol–water partition coefficient (Wildman–Crippen LogP) is 4.50. The van der Waals surface area contributed by atoms with Crippen molar-refractivity contribution >= 4 is 5.78 Å². The summed E-state index contributed by atoms with van der Waals surface area (Å²) in [5, 5.41) is 13.4. The minimum Gasteiger partial charge on any atom is -0.493 e. The average Bonchev–Trinajstić information content (AvgIpc) is 2.98. The van der Waals surface area contributed by atoms with Gasteiger partial charge in [-0.15, -0.1) is 0 Å². The fraction of sp³-hybridized carbons (Fsp3) is 0.118. The molecule has 1 N–H and O–H groups in total. The van der Waals surface area contributed by atoms with E-state index in [1.165, 1.54) is 0 Å². The van der Waals surface area contributed by atoms with E-state index in [1.807, 2.05) is 0 Å². The Hall–Kier alpha value is -3.13. The van der Waals surface area contributed by atoms with Crippen molar-refractivity contribution in [2.45, 2.75) is 13.1 Å². The zero-order valence-corrected chi connectivity index (χ0v) is 16.6. The summed E-state index contributed by atoms with van der Waals surface area (Å²) in [7, 11) is 0. The number of rotatable bonds is 3. The fourth-order valence-electron chi connectivity index (χ4n) is 2.69. The molecule has 0 aliphatic heterocycles. The number of carbonyl (C=O) groups excluding carboxylic acids is 1.